The number of ether oxygens (including phenoxy) is 2. The molecule has 1 fully saturated rings. The molecule has 0 amide bonds. The average molecular weight is 534 g/mol. The molecule has 0 saturated carbocycles. The van der Waals surface area contributed by atoms with E-state index in [1.807, 2.05) is 0 Å². The Morgan fingerprint density at radius 1 is 1.33 bits per heavy atom. The number of benzene rings is 1. The van der Waals surface area contributed by atoms with Crippen LogP contribution in [0.1, 0.15) is 51.5 Å². The summed E-state index contributed by atoms with van der Waals surface area (Å²) in [5.74, 6) is 0.722. The molecular weight excluding hydrogens is 499 g/mol. The highest BCUT2D eigenvalue weighted by Crippen LogP contribution is 2.15. The molecular formula is C21H35IN4O4. The maximum absolute atomic E-state index is 10.8. The van der Waals surface area contributed by atoms with Gasteiger partial charge in [-0.15, -0.1) is 24.0 Å². The van der Waals surface area contributed by atoms with Gasteiger partial charge < -0.3 is 20.1 Å². The fraction of sp³-hybridized carbons (Fsp3) is 0.667. The van der Waals surface area contributed by atoms with Crippen LogP contribution in [0.2, 0.25) is 0 Å². The van der Waals surface area contributed by atoms with E-state index in [2.05, 4.69) is 29.5 Å². The van der Waals surface area contributed by atoms with Gasteiger partial charge in [-0.3, -0.25) is 10.1 Å². The number of nitrogens with zero attached hydrogens (tertiary/aromatic N) is 2. The van der Waals surface area contributed by atoms with Crippen LogP contribution in [0.3, 0.4) is 0 Å². The van der Waals surface area contributed by atoms with Gasteiger partial charge in [0.05, 0.1) is 23.6 Å². The van der Waals surface area contributed by atoms with Crippen molar-refractivity contribution in [3.8, 4) is 0 Å². The number of hydrogen-bond donors (Lipinski definition) is 2. The highest BCUT2D eigenvalue weighted by atomic mass is 127. The summed E-state index contributed by atoms with van der Waals surface area (Å²) in [5.41, 5.74) is 1.01. The number of halogens is 1. The summed E-state index contributed by atoms with van der Waals surface area (Å²) in [4.78, 5) is 15.1. The van der Waals surface area contributed by atoms with Crippen molar-refractivity contribution in [2.24, 2.45) is 4.99 Å². The topological polar surface area (TPSA) is 98.0 Å². The molecule has 1 aromatic carbocycles. The Morgan fingerprint density at radius 3 is 2.70 bits per heavy atom. The smallest absolute Gasteiger partial charge is 0.269 e. The van der Waals surface area contributed by atoms with E-state index in [9.17, 15) is 10.1 Å². The summed E-state index contributed by atoms with van der Waals surface area (Å²) < 4.78 is 11.4. The van der Waals surface area contributed by atoms with Crippen molar-refractivity contribution in [1.82, 2.24) is 10.6 Å². The maximum atomic E-state index is 10.8. The van der Waals surface area contributed by atoms with E-state index in [1.54, 1.807) is 12.1 Å². The summed E-state index contributed by atoms with van der Waals surface area (Å²) >= 11 is 0. The van der Waals surface area contributed by atoms with E-state index >= 15 is 0 Å². The Kier molecular flexibility index (Phi) is 13.6. The second-order valence-electron chi connectivity index (χ2n) is 7.32. The Labute approximate surface area is 196 Å². The van der Waals surface area contributed by atoms with E-state index < -0.39 is 4.92 Å². The molecule has 0 bridgehead atoms. The molecule has 0 spiro atoms. The molecule has 9 heteroatoms. The van der Waals surface area contributed by atoms with Gasteiger partial charge in [0.25, 0.3) is 5.69 Å². The third-order valence-corrected chi connectivity index (χ3v) is 4.85. The van der Waals surface area contributed by atoms with Crippen LogP contribution in [0.15, 0.2) is 29.3 Å². The minimum absolute atomic E-state index is 0. The highest BCUT2D eigenvalue weighted by molar-refractivity contribution is 14.0. The van der Waals surface area contributed by atoms with Crippen molar-refractivity contribution < 1.29 is 14.4 Å². The first-order valence-corrected chi connectivity index (χ1v) is 10.6. The molecule has 0 aromatic heterocycles. The number of hydrogen-bond acceptors (Lipinski definition) is 5. The molecule has 170 valence electrons. The van der Waals surface area contributed by atoms with Gasteiger partial charge in [-0.1, -0.05) is 25.5 Å². The van der Waals surface area contributed by atoms with Gasteiger partial charge >= 0.3 is 0 Å². The maximum Gasteiger partial charge on any atom is 0.269 e. The molecule has 1 aliphatic rings. The number of nitro groups is 1. The Bertz CT molecular complexity index is 636. The van der Waals surface area contributed by atoms with Gasteiger partial charge in [0.15, 0.2) is 5.96 Å². The highest BCUT2D eigenvalue weighted by Gasteiger charge is 2.23. The predicted molar refractivity (Wildman–Crippen MR) is 130 cm³/mol. The summed E-state index contributed by atoms with van der Waals surface area (Å²) in [6.45, 7) is 7.81. The van der Waals surface area contributed by atoms with Gasteiger partial charge in [0.1, 0.15) is 0 Å². The summed E-state index contributed by atoms with van der Waals surface area (Å²) in [7, 11) is 0. The van der Waals surface area contributed by atoms with Crippen LogP contribution >= 0.6 is 24.0 Å². The number of non-ortho nitro benzene ring substituents is 1. The second kappa shape index (κ2) is 15.4. The van der Waals surface area contributed by atoms with Crippen molar-refractivity contribution in [2.75, 3.05) is 26.4 Å². The molecule has 2 rings (SSSR count). The van der Waals surface area contributed by atoms with E-state index in [4.69, 9.17) is 9.47 Å². The van der Waals surface area contributed by atoms with Gasteiger partial charge in [0.2, 0.25) is 0 Å². The molecule has 0 radical (unpaired) electrons. The lowest BCUT2D eigenvalue weighted by Crippen LogP contribution is -2.47. The number of nitrogens with one attached hydrogen (secondary N) is 2. The molecule has 2 atom stereocenters. The molecule has 30 heavy (non-hydrogen) atoms. The van der Waals surface area contributed by atoms with Crippen LogP contribution in [-0.4, -0.2) is 49.4 Å². The number of guanidine groups is 1. The zero-order valence-electron chi connectivity index (χ0n) is 18.0. The monoisotopic (exact) mass is 534 g/mol. The third kappa shape index (κ3) is 10.0. The minimum atomic E-state index is -0.395. The van der Waals surface area contributed by atoms with E-state index in [-0.39, 0.29) is 41.8 Å². The molecule has 1 saturated heterocycles. The molecule has 1 aromatic rings. The van der Waals surface area contributed by atoms with E-state index in [0.29, 0.717) is 6.54 Å². The number of unbranched alkanes of at least 4 members (excludes halogenated alkanes) is 1. The largest absolute Gasteiger partial charge is 0.381 e. The lowest BCUT2D eigenvalue weighted by molar-refractivity contribution is -0.384. The van der Waals surface area contributed by atoms with Crippen LogP contribution in [0.5, 0.6) is 0 Å². The first-order valence-electron chi connectivity index (χ1n) is 10.6. The lowest BCUT2D eigenvalue weighted by Gasteiger charge is -2.23. The van der Waals surface area contributed by atoms with Crippen LogP contribution in [0, 0.1) is 10.1 Å². The quantitative estimate of drug-likeness (QED) is 0.105. The first kappa shape index (κ1) is 26.6. The molecule has 1 aliphatic heterocycles. The minimum Gasteiger partial charge on any atom is -0.381 e. The summed E-state index contributed by atoms with van der Waals surface area (Å²) in [5, 5.41) is 17.6. The van der Waals surface area contributed by atoms with E-state index in [1.165, 1.54) is 12.1 Å². The SMILES string of the molecule is CCCCOCCCNC(=NCc1ccc([N+](=O)[O-])cc1)NC(C)C1CCCO1.I. The normalized spacial score (nSPS) is 17.3. The molecule has 2 unspecified atom stereocenters. The molecule has 1 heterocycles. The standard InChI is InChI=1S/C21H34N4O4.HI/c1-3-4-13-28-14-6-12-22-21(24-17(2)20-7-5-15-29-20)23-16-18-8-10-19(11-9-18)25(26)27;/h8-11,17,20H,3-7,12-16H2,1-2H3,(H2,22,23,24);1H. The number of rotatable bonds is 12. The van der Waals surface area contributed by atoms with Gasteiger partial charge in [-0.05, 0) is 38.2 Å². The second-order valence-corrected chi connectivity index (χ2v) is 7.32. The van der Waals surface area contributed by atoms with Crippen molar-refractivity contribution in [3.63, 3.8) is 0 Å². The van der Waals surface area contributed by atoms with Gasteiger partial charge in [-0.25, -0.2) is 4.99 Å². The predicted octanol–water partition coefficient (Wildman–Crippen LogP) is 4.02. The van der Waals surface area contributed by atoms with Crippen LogP contribution in [0.4, 0.5) is 5.69 Å². The van der Waals surface area contributed by atoms with Crippen LogP contribution in [-0.2, 0) is 16.0 Å². The van der Waals surface area contributed by atoms with Gasteiger partial charge in [0, 0.05) is 38.5 Å². The fourth-order valence-corrected chi connectivity index (χ4v) is 3.08. The molecule has 8 nitrogen and oxygen atoms in total. The Hall–Kier alpha value is -1.46. The third-order valence-electron chi connectivity index (χ3n) is 4.85. The number of nitro benzene ring substituents is 1. The average Bonchev–Trinajstić information content (AvgIpc) is 3.26. The Morgan fingerprint density at radius 2 is 2.07 bits per heavy atom. The molecule has 2 N–H and O–H groups in total. The van der Waals surface area contributed by atoms with E-state index in [0.717, 1.165) is 70.0 Å². The van der Waals surface area contributed by atoms with Crippen molar-refractivity contribution in [1.29, 1.82) is 0 Å². The summed E-state index contributed by atoms with van der Waals surface area (Å²) in [6.07, 6.45) is 5.47. The van der Waals surface area contributed by atoms with Crippen molar-refractivity contribution in [3.05, 3.63) is 39.9 Å². The Balaban J connectivity index is 0.00000450. The zero-order valence-corrected chi connectivity index (χ0v) is 20.3. The summed E-state index contributed by atoms with van der Waals surface area (Å²) in [6, 6.07) is 6.65. The van der Waals surface area contributed by atoms with Crippen molar-refractivity contribution in [2.45, 2.75) is 64.6 Å². The number of aliphatic imine (C=N–C) groups is 1. The van der Waals surface area contributed by atoms with Crippen molar-refractivity contribution >= 4 is 35.6 Å². The lowest BCUT2D eigenvalue weighted by atomic mass is 10.1. The van der Waals surface area contributed by atoms with Crippen LogP contribution < -0.4 is 10.6 Å². The van der Waals surface area contributed by atoms with Gasteiger partial charge in [-0.2, -0.15) is 0 Å². The molecule has 0 aliphatic carbocycles. The zero-order chi connectivity index (χ0) is 20.9. The van der Waals surface area contributed by atoms with Crippen LogP contribution in [0.25, 0.3) is 0 Å². The first-order chi connectivity index (χ1) is 14.1. The fourth-order valence-electron chi connectivity index (χ4n) is 3.08.